The summed E-state index contributed by atoms with van der Waals surface area (Å²) in [5, 5.41) is 3.40. The predicted octanol–water partition coefficient (Wildman–Crippen LogP) is 1.90. The van der Waals surface area contributed by atoms with Gasteiger partial charge in [0.25, 0.3) is 0 Å². The van der Waals surface area contributed by atoms with Crippen LogP contribution in [0.3, 0.4) is 0 Å². The first-order chi connectivity index (χ1) is 7.20. The summed E-state index contributed by atoms with van der Waals surface area (Å²) in [5.41, 5.74) is 0. The average molecular weight is 227 g/mol. The Bertz CT molecular complexity index is 271. The Kier molecular flexibility index (Phi) is 5.79. The minimum Gasteiger partial charge on any atom is -0.337 e. The number of rotatable bonds is 7. The second-order valence-electron chi connectivity index (χ2n) is 4.10. The normalized spacial score (nSPS) is 11.2. The number of aromatic nitrogens is 2. The minimum atomic E-state index is 0.796. The first-order valence-corrected chi connectivity index (χ1v) is 6.60. The van der Waals surface area contributed by atoms with Crippen LogP contribution in [0.4, 0.5) is 0 Å². The molecular formula is C11H21N3S. The van der Waals surface area contributed by atoms with Gasteiger partial charge in [-0.15, -0.1) is 0 Å². The summed E-state index contributed by atoms with van der Waals surface area (Å²) in [6, 6.07) is 0. The van der Waals surface area contributed by atoms with E-state index in [1.165, 1.54) is 11.5 Å². The summed E-state index contributed by atoms with van der Waals surface area (Å²) in [5.74, 6) is 4.33. The lowest BCUT2D eigenvalue weighted by molar-refractivity contribution is 0.663. The van der Waals surface area contributed by atoms with Gasteiger partial charge in [-0.3, -0.25) is 0 Å². The highest BCUT2D eigenvalue weighted by Crippen LogP contribution is 2.05. The molecule has 15 heavy (non-hydrogen) atoms. The molecule has 0 fully saturated rings. The van der Waals surface area contributed by atoms with Crippen molar-refractivity contribution in [1.29, 1.82) is 0 Å². The van der Waals surface area contributed by atoms with Crippen molar-refractivity contribution >= 4 is 11.8 Å². The van der Waals surface area contributed by atoms with E-state index in [9.17, 15) is 0 Å². The third kappa shape index (κ3) is 5.23. The molecule has 0 amide bonds. The van der Waals surface area contributed by atoms with E-state index in [-0.39, 0.29) is 0 Å². The molecule has 0 saturated carbocycles. The smallest absolute Gasteiger partial charge is 0.122 e. The lowest BCUT2D eigenvalue weighted by Gasteiger charge is -2.06. The Morgan fingerprint density at radius 1 is 1.53 bits per heavy atom. The van der Waals surface area contributed by atoms with Crippen LogP contribution in [0.5, 0.6) is 0 Å². The van der Waals surface area contributed by atoms with E-state index in [0.29, 0.717) is 0 Å². The summed E-state index contributed by atoms with van der Waals surface area (Å²) >= 11 is 2.01. The standard InChI is InChI=1S/C11H21N3S/c1-10(2)9-15-7-5-12-8-11-13-4-6-14(11)3/h4,6,10,12H,5,7-9H2,1-3H3. The van der Waals surface area contributed by atoms with Gasteiger partial charge in [-0.25, -0.2) is 4.98 Å². The van der Waals surface area contributed by atoms with Gasteiger partial charge >= 0.3 is 0 Å². The van der Waals surface area contributed by atoms with E-state index in [1.54, 1.807) is 0 Å². The Morgan fingerprint density at radius 3 is 2.93 bits per heavy atom. The first kappa shape index (κ1) is 12.6. The second kappa shape index (κ2) is 6.90. The molecule has 0 saturated heterocycles. The summed E-state index contributed by atoms with van der Waals surface area (Å²) < 4.78 is 2.05. The van der Waals surface area contributed by atoms with E-state index < -0.39 is 0 Å². The maximum Gasteiger partial charge on any atom is 0.122 e. The minimum absolute atomic E-state index is 0.796. The number of imidazole rings is 1. The highest BCUT2D eigenvalue weighted by Gasteiger charge is 1.98. The molecule has 0 spiro atoms. The van der Waals surface area contributed by atoms with Crippen LogP contribution in [-0.2, 0) is 13.6 Å². The van der Waals surface area contributed by atoms with Gasteiger partial charge in [0.05, 0.1) is 6.54 Å². The van der Waals surface area contributed by atoms with Crippen LogP contribution in [0.25, 0.3) is 0 Å². The second-order valence-corrected chi connectivity index (χ2v) is 5.25. The molecule has 3 nitrogen and oxygen atoms in total. The van der Waals surface area contributed by atoms with E-state index >= 15 is 0 Å². The molecular weight excluding hydrogens is 206 g/mol. The predicted molar refractivity (Wildman–Crippen MR) is 67.1 cm³/mol. The van der Waals surface area contributed by atoms with Gasteiger partial charge in [0, 0.05) is 31.7 Å². The summed E-state index contributed by atoms with van der Waals surface area (Å²) in [4.78, 5) is 4.26. The highest BCUT2D eigenvalue weighted by molar-refractivity contribution is 7.99. The number of hydrogen-bond acceptors (Lipinski definition) is 3. The topological polar surface area (TPSA) is 29.9 Å². The van der Waals surface area contributed by atoms with Gasteiger partial charge in [-0.05, 0) is 11.7 Å². The Morgan fingerprint density at radius 2 is 2.33 bits per heavy atom. The van der Waals surface area contributed by atoms with Crippen LogP contribution in [0.15, 0.2) is 12.4 Å². The Balaban J connectivity index is 2.00. The lowest BCUT2D eigenvalue weighted by atomic mass is 10.3. The molecule has 4 heteroatoms. The molecule has 0 unspecified atom stereocenters. The van der Waals surface area contributed by atoms with Gasteiger partial charge in [-0.1, -0.05) is 13.8 Å². The largest absolute Gasteiger partial charge is 0.337 e. The molecule has 1 aromatic heterocycles. The summed E-state index contributed by atoms with van der Waals surface area (Å²) in [6.45, 7) is 6.44. The Labute approximate surface area is 96.7 Å². The van der Waals surface area contributed by atoms with Crippen molar-refractivity contribution in [1.82, 2.24) is 14.9 Å². The monoisotopic (exact) mass is 227 g/mol. The molecule has 0 aromatic carbocycles. The third-order valence-electron chi connectivity index (χ3n) is 2.08. The number of thioether (sulfide) groups is 1. The van der Waals surface area contributed by atoms with E-state index in [2.05, 4.69) is 24.1 Å². The van der Waals surface area contributed by atoms with Gasteiger partial charge in [0.1, 0.15) is 5.82 Å². The quantitative estimate of drug-likeness (QED) is 0.722. The fourth-order valence-corrected chi connectivity index (χ4v) is 2.16. The molecule has 86 valence electrons. The maximum atomic E-state index is 4.26. The van der Waals surface area contributed by atoms with Crippen molar-refractivity contribution < 1.29 is 0 Å². The zero-order valence-electron chi connectivity index (χ0n) is 9.86. The fraction of sp³-hybridized carbons (Fsp3) is 0.727. The van der Waals surface area contributed by atoms with Crippen LogP contribution in [-0.4, -0.2) is 27.6 Å². The highest BCUT2D eigenvalue weighted by atomic mass is 32.2. The van der Waals surface area contributed by atoms with Crippen molar-refractivity contribution in [3.63, 3.8) is 0 Å². The molecule has 0 aliphatic carbocycles. The number of nitrogens with zero attached hydrogens (tertiary/aromatic N) is 2. The zero-order chi connectivity index (χ0) is 11.1. The zero-order valence-corrected chi connectivity index (χ0v) is 10.7. The molecule has 1 aromatic rings. The SMILES string of the molecule is CC(C)CSCCNCc1nccn1C. The van der Waals surface area contributed by atoms with Crippen molar-refractivity contribution in [2.24, 2.45) is 13.0 Å². The molecule has 1 rings (SSSR count). The maximum absolute atomic E-state index is 4.26. The van der Waals surface area contributed by atoms with E-state index in [0.717, 1.165) is 24.8 Å². The summed E-state index contributed by atoms with van der Waals surface area (Å²) in [7, 11) is 2.03. The van der Waals surface area contributed by atoms with Gasteiger partial charge in [0.2, 0.25) is 0 Å². The van der Waals surface area contributed by atoms with Crippen LogP contribution >= 0.6 is 11.8 Å². The molecule has 0 bridgehead atoms. The van der Waals surface area contributed by atoms with E-state index in [1.807, 2.05) is 35.8 Å². The molecule has 1 N–H and O–H groups in total. The van der Waals surface area contributed by atoms with Crippen LogP contribution in [0.1, 0.15) is 19.7 Å². The number of aryl methyl sites for hydroxylation is 1. The van der Waals surface area contributed by atoms with Crippen LogP contribution in [0, 0.1) is 5.92 Å². The summed E-state index contributed by atoms with van der Waals surface area (Å²) in [6.07, 6.45) is 3.81. The molecule has 0 radical (unpaired) electrons. The molecule has 1 heterocycles. The first-order valence-electron chi connectivity index (χ1n) is 5.45. The van der Waals surface area contributed by atoms with Crippen LogP contribution in [0.2, 0.25) is 0 Å². The fourth-order valence-electron chi connectivity index (χ4n) is 1.23. The van der Waals surface area contributed by atoms with Gasteiger partial charge < -0.3 is 9.88 Å². The van der Waals surface area contributed by atoms with Crippen molar-refractivity contribution in [3.05, 3.63) is 18.2 Å². The molecule has 0 aliphatic rings. The Hall–Kier alpha value is -0.480. The lowest BCUT2D eigenvalue weighted by Crippen LogP contribution is -2.19. The van der Waals surface area contributed by atoms with Crippen molar-refractivity contribution in [3.8, 4) is 0 Å². The van der Waals surface area contributed by atoms with Gasteiger partial charge in [-0.2, -0.15) is 11.8 Å². The molecule has 0 atom stereocenters. The van der Waals surface area contributed by atoms with Crippen molar-refractivity contribution in [2.45, 2.75) is 20.4 Å². The third-order valence-corrected chi connectivity index (χ3v) is 3.47. The van der Waals surface area contributed by atoms with Crippen LogP contribution < -0.4 is 5.32 Å². The average Bonchev–Trinajstić information content (AvgIpc) is 2.57. The van der Waals surface area contributed by atoms with Gasteiger partial charge in [0.15, 0.2) is 0 Å². The number of nitrogens with one attached hydrogen (secondary N) is 1. The molecule has 0 aliphatic heterocycles. The van der Waals surface area contributed by atoms with E-state index in [4.69, 9.17) is 0 Å². The number of hydrogen-bond donors (Lipinski definition) is 1. The van der Waals surface area contributed by atoms with Crippen molar-refractivity contribution in [2.75, 3.05) is 18.1 Å².